The van der Waals surface area contributed by atoms with Gasteiger partial charge in [-0.2, -0.15) is 0 Å². The van der Waals surface area contributed by atoms with Gasteiger partial charge in [-0.05, 0) is 13.0 Å². The van der Waals surface area contributed by atoms with Crippen LogP contribution in [0.4, 0.5) is 5.13 Å². The number of aliphatic carboxylic acids is 1. The van der Waals surface area contributed by atoms with Crippen molar-refractivity contribution in [3.63, 3.8) is 0 Å². The van der Waals surface area contributed by atoms with Gasteiger partial charge in [-0.25, -0.2) is 18.7 Å². The fourth-order valence-electron chi connectivity index (χ4n) is 4.31. The first-order chi connectivity index (χ1) is 17.3. The zero-order valence-corrected chi connectivity index (χ0v) is 20.9. The summed E-state index contributed by atoms with van der Waals surface area (Å²) in [6, 6.07) is 4.95. The Labute approximate surface area is 213 Å². The second-order valence-corrected chi connectivity index (χ2v) is 10.1. The van der Waals surface area contributed by atoms with Crippen LogP contribution in [0.1, 0.15) is 11.4 Å². The number of carbonyl (C=O) groups excluding carboxylic acids is 2. The number of amides is 2. The maximum Gasteiger partial charge on any atom is 0.352 e. The summed E-state index contributed by atoms with van der Waals surface area (Å²) in [4.78, 5) is 48.2. The summed E-state index contributed by atoms with van der Waals surface area (Å²) in [5.41, 5.74) is 8.27. The Kier molecular flexibility index (Phi) is 6.14. The van der Waals surface area contributed by atoms with Crippen molar-refractivity contribution in [1.82, 2.24) is 19.6 Å². The van der Waals surface area contributed by atoms with Crippen LogP contribution in [0.5, 0.6) is 0 Å². The molecule has 0 radical (unpaired) electrons. The molecule has 2 aliphatic rings. The van der Waals surface area contributed by atoms with Crippen LogP contribution in [0, 0.1) is 6.92 Å². The highest BCUT2D eigenvalue weighted by atomic mass is 32.2. The van der Waals surface area contributed by atoms with E-state index >= 15 is 0 Å². The molecule has 0 saturated carbocycles. The summed E-state index contributed by atoms with van der Waals surface area (Å²) >= 11 is 2.53. The van der Waals surface area contributed by atoms with Gasteiger partial charge in [0.25, 0.3) is 17.5 Å². The number of hydrogen-bond acceptors (Lipinski definition) is 9. The third kappa shape index (κ3) is 3.97. The molecule has 2 aliphatic heterocycles. The van der Waals surface area contributed by atoms with Gasteiger partial charge in [-0.3, -0.25) is 14.5 Å². The Balaban J connectivity index is 1.38. The minimum absolute atomic E-state index is 0.0493. The van der Waals surface area contributed by atoms with Crippen molar-refractivity contribution in [2.24, 2.45) is 5.16 Å². The van der Waals surface area contributed by atoms with E-state index in [1.54, 1.807) is 5.38 Å². The fraction of sp³-hybridized carbons (Fsp3) is 0.273. The number of hydrogen-bond donors (Lipinski definition) is 3. The number of oxime groups is 1. The lowest BCUT2D eigenvalue weighted by Crippen LogP contribution is -2.71. The Morgan fingerprint density at radius 1 is 1.42 bits per heavy atom. The number of thioether (sulfide) groups is 1. The Bertz CT molecular complexity index is 1460. The van der Waals surface area contributed by atoms with E-state index in [0.29, 0.717) is 17.9 Å². The summed E-state index contributed by atoms with van der Waals surface area (Å²) in [5, 5.41) is 17.6. The first-order valence-electron chi connectivity index (χ1n) is 10.8. The SMILES string of the molecule is CON=C(C(=O)N[C@@H]1C(=O)N2C(C(=O)O)=C(C[n+]3ccn4c(C)cccc43)CS[C@@H]12)c1csc(N)n1. The Hall–Kier alpha value is -3.91. The highest BCUT2D eigenvalue weighted by molar-refractivity contribution is 8.00. The van der Waals surface area contributed by atoms with Crippen molar-refractivity contribution in [1.29, 1.82) is 0 Å². The molecule has 3 aromatic rings. The largest absolute Gasteiger partial charge is 0.477 e. The topological polar surface area (TPSA) is 156 Å². The number of carboxylic acid groups (broad SMARTS) is 1. The second kappa shape index (κ2) is 9.28. The van der Waals surface area contributed by atoms with Gasteiger partial charge in [-0.1, -0.05) is 11.2 Å². The van der Waals surface area contributed by atoms with Crippen LogP contribution >= 0.6 is 23.1 Å². The number of rotatable bonds is 7. The van der Waals surface area contributed by atoms with Crippen LogP contribution in [0.25, 0.3) is 5.65 Å². The molecule has 0 spiro atoms. The van der Waals surface area contributed by atoms with Crippen LogP contribution in [0.15, 0.2) is 52.4 Å². The first-order valence-corrected chi connectivity index (χ1v) is 12.7. The number of β-lactam (4-membered cyclic amide) rings is 1. The van der Waals surface area contributed by atoms with Crippen LogP contribution < -0.4 is 15.6 Å². The number of imidazole rings is 1. The molecule has 0 aliphatic carbocycles. The van der Waals surface area contributed by atoms with Gasteiger partial charge in [-0.15, -0.1) is 23.1 Å². The average Bonchev–Trinajstić information content (AvgIpc) is 3.47. The molecule has 36 heavy (non-hydrogen) atoms. The molecule has 0 aromatic carbocycles. The van der Waals surface area contributed by atoms with Crippen molar-refractivity contribution in [3.8, 4) is 0 Å². The third-order valence-corrected chi connectivity index (χ3v) is 7.97. The number of nitrogens with one attached hydrogen (secondary N) is 1. The van der Waals surface area contributed by atoms with E-state index < -0.39 is 29.2 Å². The van der Waals surface area contributed by atoms with Gasteiger partial charge in [0.1, 0.15) is 54.5 Å². The molecule has 2 atom stereocenters. The molecule has 186 valence electrons. The minimum Gasteiger partial charge on any atom is -0.477 e. The van der Waals surface area contributed by atoms with E-state index in [9.17, 15) is 19.5 Å². The van der Waals surface area contributed by atoms with Crippen molar-refractivity contribution >= 4 is 57.4 Å². The number of thiazole rings is 1. The highest BCUT2D eigenvalue weighted by Crippen LogP contribution is 2.40. The molecule has 12 nitrogen and oxygen atoms in total. The van der Waals surface area contributed by atoms with Crippen LogP contribution in [-0.4, -0.2) is 67.2 Å². The minimum atomic E-state index is -1.19. The summed E-state index contributed by atoms with van der Waals surface area (Å²) < 4.78 is 3.96. The number of nitrogen functional groups attached to an aromatic ring is 1. The molecule has 0 bridgehead atoms. The zero-order valence-electron chi connectivity index (χ0n) is 19.2. The maximum atomic E-state index is 13.1. The molecular formula is C22H22N7O5S2+. The molecule has 2 amide bonds. The van der Waals surface area contributed by atoms with Gasteiger partial charge in [0.05, 0.1) is 0 Å². The number of nitrogens with two attached hydrogens (primary N) is 1. The predicted octanol–water partition coefficient (Wildman–Crippen LogP) is 0.363. The Morgan fingerprint density at radius 3 is 2.92 bits per heavy atom. The molecule has 3 aromatic heterocycles. The summed E-state index contributed by atoms with van der Waals surface area (Å²) in [5.74, 6) is -1.97. The van der Waals surface area contributed by atoms with E-state index in [0.717, 1.165) is 22.7 Å². The number of carboxylic acids is 1. The van der Waals surface area contributed by atoms with Gasteiger partial charge >= 0.3 is 5.97 Å². The van der Waals surface area contributed by atoms with Gasteiger partial charge in [0.15, 0.2) is 10.8 Å². The van der Waals surface area contributed by atoms with E-state index in [-0.39, 0.29) is 22.2 Å². The van der Waals surface area contributed by atoms with Crippen LogP contribution in [0.3, 0.4) is 0 Å². The van der Waals surface area contributed by atoms with E-state index in [2.05, 4.69) is 15.5 Å². The lowest BCUT2D eigenvalue weighted by molar-refractivity contribution is -0.662. The number of carbonyl (C=O) groups is 3. The average molecular weight is 529 g/mol. The fourth-order valence-corrected chi connectivity index (χ4v) is 6.20. The third-order valence-electron chi connectivity index (χ3n) is 5.96. The second-order valence-electron chi connectivity index (χ2n) is 8.13. The molecule has 14 heteroatoms. The van der Waals surface area contributed by atoms with Crippen molar-refractivity contribution in [3.05, 3.63) is 58.6 Å². The number of fused-ring (bicyclic) bond motifs is 2. The molecule has 1 saturated heterocycles. The molecule has 4 N–H and O–H groups in total. The van der Waals surface area contributed by atoms with Crippen LogP contribution in [0.2, 0.25) is 0 Å². The molecule has 5 rings (SSSR count). The normalized spacial score (nSPS) is 19.8. The molecule has 0 unspecified atom stereocenters. The lowest BCUT2D eigenvalue weighted by Gasteiger charge is -2.49. The first kappa shape index (κ1) is 23.8. The van der Waals surface area contributed by atoms with Crippen LogP contribution in [-0.2, 0) is 25.8 Å². The van der Waals surface area contributed by atoms with E-state index in [1.165, 1.54) is 23.8 Å². The predicted molar refractivity (Wildman–Crippen MR) is 132 cm³/mol. The highest BCUT2D eigenvalue weighted by Gasteiger charge is 2.54. The quantitative estimate of drug-likeness (QED) is 0.172. The summed E-state index contributed by atoms with van der Waals surface area (Å²) in [7, 11) is 1.29. The monoisotopic (exact) mass is 528 g/mol. The standard InChI is InChI=1S/C22H21N7O5S2/c1-11-4-3-5-14-27(6-7-28(11)14)8-12-9-35-20-16(19(31)29(20)17(12)21(32)33)25-18(30)15(26-34-2)13-10-36-22(23)24-13/h3-7,10,16,20H,8-9H2,1-2H3,(H3-,23,24,25,30,32,33)/p+1/t16-,20+/m1/s1. The Morgan fingerprint density at radius 2 is 2.22 bits per heavy atom. The van der Waals surface area contributed by atoms with Crippen molar-refractivity contribution in [2.45, 2.75) is 24.9 Å². The van der Waals surface area contributed by atoms with Crippen molar-refractivity contribution < 1.29 is 28.9 Å². The maximum absolute atomic E-state index is 13.1. The number of anilines is 1. The molecule has 5 heterocycles. The zero-order chi connectivity index (χ0) is 25.6. The summed E-state index contributed by atoms with van der Waals surface area (Å²) in [6.07, 6.45) is 3.80. The van der Waals surface area contributed by atoms with Crippen molar-refractivity contribution in [2.75, 3.05) is 18.6 Å². The van der Waals surface area contributed by atoms with E-state index in [4.69, 9.17) is 10.6 Å². The molecular weight excluding hydrogens is 506 g/mol. The lowest BCUT2D eigenvalue weighted by atomic mass is 10.0. The molecule has 1 fully saturated rings. The smallest absolute Gasteiger partial charge is 0.352 e. The summed E-state index contributed by atoms with van der Waals surface area (Å²) in [6.45, 7) is 2.30. The number of aromatic nitrogens is 3. The number of aryl methyl sites for hydroxylation is 1. The van der Waals surface area contributed by atoms with Gasteiger partial charge < -0.3 is 21.0 Å². The van der Waals surface area contributed by atoms with E-state index in [1.807, 2.05) is 46.5 Å². The van der Waals surface area contributed by atoms with Gasteiger partial charge in [0, 0.05) is 22.8 Å². The van der Waals surface area contributed by atoms with Gasteiger partial charge in [0.2, 0.25) is 0 Å². The number of nitrogens with zero attached hydrogens (tertiary/aromatic N) is 5. The number of pyridine rings is 1.